The van der Waals surface area contributed by atoms with Gasteiger partial charge in [-0.1, -0.05) is 62.4 Å². The van der Waals surface area contributed by atoms with E-state index in [1.54, 1.807) is 56.3 Å². The quantitative estimate of drug-likeness (QED) is 0.681. The van der Waals surface area contributed by atoms with Gasteiger partial charge in [-0.05, 0) is 41.0 Å². The topological polar surface area (TPSA) is 75.3 Å². The predicted molar refractivity (Wildman–Crippen MR) is 108 cm³/mol. The molecule has 0 radical (unpaired) electrons. The number of hydrogen-bond donors (Lipinski definition) is 2. The van der Waals surface area contributed by atoms with Crippen LogP contribution >= 0.6 is 0 Å². The lowest BCUT2D eigenvalue weighted by Gasteiger charge is -2.21. The van der Waals surface area contributed by atoms with Crippen molar-refractivity contribution in [3.63, 3.8) is 0 Å². The number of nitrogens with one attached hydrogen (secondary N) is 2. The first-order valence-corrected chi connectivity index (χ1v) is 10.2. The molecule has 0 unspecified atom stereocenters. The fraction of sp³-hybridized carbons (Fsp3) is 0.190. The van der Waals surface area contributed by atoms with Crippen LogP contribution in [-0.2, 0) is 14.8 Å². The van der Waals surface area contributed by atoms with Crippen LogP contribution in [-0.4, -0.2) is 20.4 Å². The number of carbonyl (C=O) groups is 1. The highest BCUT2D eigenvalue weighted by Crippen LogP contribution is 2.20. The number of fused-ring (bicyclic) bond motifs is 1. The summed E-state index contributed by atoms with van der Waals surface area (Å²) in [4.78, 5) is 12.8. The Balaban J connectivity index is 1.84. The van der Waals surface area contributed by atoms with E-state index in [-0.39, 0.29) is 16.7 Å². The molecule has 0 fully saturated rings. The van der Waals surface area contributed by atoms with Crippen LogP contribution in [0.15, 0.2) is 77.7 Å². The number of hydrogen-bond acceptors (Lipinski definition) is 3. The molecule has 0 saturated heterocycles. The third-order valence-corrected chi connectivity index (χ3v) is 5.74. The summed E-state index contributed by atoms with van der Waals surface area (Å²) in [5, 5.41) is 4.55. The first kappa shape index (κ1) is 19.1. The second-order valence-corrected chi connectivity index (χ2v) is 8.42. The molecule has 3 aromatic carbocycles. The van der Waals surface area contributed by atoms with Crippen LogP contribution in [0.5, 0.6) is 0 Å². The van der Waals surface area contributed by atoms with E-state index >= 15 is 0 Å². The van der Waals surface area contributed by atoms with Crippen molar-refractivity contribution in [3.8, 4) is 0 Å². The van der Waals surface area contributed by atoms with Crippen LogP contribution in [0, 0.1) is 5.92 Å². The molecule has 0 bridgehead atoms. The lowest BCUT2D eigenvalue weighted by atomic mass is 10.0. The van der Waals surface area contributed by atoms with Gasteiger partial charge < -0.3 is 5.32 Å². The molecule has 140 valence electrons. The van der Waals surface area contributed by atoms with Gasteiger partial charge >= 0.3 is 0 Å². The van der Waals surface area contributed by atoms with Crippen LogP contribution in [0.2, 0.25) is 0 Å². The SMILES string of the molecule is CC(C)[C@H](NS(=O)(=O)c1ccc2ccccc2c1)C(=O)Nc1ccccc1. The lowest BCUT2D eigenvalue weighted by Crippen LogP contribution is -2.47. The summed E-state index contributed by atoms with van der Waals surface area (Å²) >= 11 is 0. The van der Waals surface area contributed by atoms with Crippen LogP contribution in [0.25, 0.3) is 10.8 Å². The molecule has 0 aliphatic rings. The van der Waals surface area contributed by atoms with Crippen molar-refractivity contribution < 1.29 is 13.2 Å². The van der Waals surface area contributed by atoms with Gasteiger partial charge in [0.2, 0.25) is 15.9 Å². The van der Waals surface area contributed by atoms with Gasteiger partial charge in [-0.2, -0.15) is 4.72 Å². The number of rotatable bonds is 6. The Kier molecular flexibility index (Phi) is 5.58. The Morgan fingerprint density at radius 1 is 0.852 bits per heavy atom. The zero-order valence-electron chi connectivity index (χ0n) is 15.2. The van der Waals surface area contributed by atoms with Gasteiger partial charge in [0, 0.05) is 5.69 Å². The summed E-state index contributed by atoms with van der Waals surface area (Å²) in [6.07, 6.45) is 0. The highest BCUT2D eigenvalue weighted by atomic mass is 32.2. The zero-order chi connectivity index (χ0) is 19.4. The average molecular weight is 382 g/mol. The van der Waals surface area contributed by atoms with Crippen molar-refractivity contribution in [2.24, 2.45) is 5.92 Å². The smallest absolute Gasteiger partial charge is 0.242 e. The minimum Gasteiger partial charge on any atom is -0.325 e. The summed E-state index contributed by atoms with van der Waals surface area (Å²) in [6.45, 7) is 3.61. The standard InChI is InChI=1S/C21H22N2O3S/c1-15(2)20(21(24)22-18-10-4-3-5-11-18)23-27(25,26)19-13-12-16-8-6-7-9-17(16)14-19/h3-15,20,23H,1-2H3,(H,22,24)/t20-/m0/s1. The third-order valence-electron chi connectivity index (χ3n) is 4.30. The van der Waals surface area contributed by atoms with E-state index in [0.717, 1.165) is 10.8 Å². The monoisotopic (exact) mass is 382 g/mol. The van der Waals surface area contributed by atoms with Crippen molar-refractivity contribution in [1.29, 1.82) is 0 Å². The van der Waals surface area contributed by atoms with Gasteiger partial charge in [-0.15, -0.1) is 0 Å². The summed E-state index contributed by atoms with van der Waals surface area (Å²) < 4.78 is 28.3. The van der Waals surface area contributed by atoms with Gasteiger partial charge in [-0.3, -0.25) is 4.79 Å². The Morgan fingerprint density at radius 3 is 2.15 bits per heavy atom. The Hall–Kier alpha value is -2.70. The first-order chi connectivity index (χ1) is 12.9. The minimum absolute atomic E-state index is 0.138. The maximum Gasteiger partial charge on any atom is 0.242 e. The third kappa shape index (κ3) is 4.53. The molecule has 3 aromatic rings. The molecule has 27 heavy (non-hydrogen) atoms. The molecule has 2 N–H and O–H groups in total. The van der Waals surface area contributed by atoms with Gasteiger partial charge in [0.05, 0.1) is 4.90 Å². The lowest BCUT2D eigenvalue weighted by molar-refractivity contribution is -0.118. The molecule has 5 nitrogen and oxygen atoms in total. The highest BCUT2D eigenvalue weighted by Gasteiger charge is 2.28. The Labute approximate surface area is 159 Å². The number of sulfonamides is 1. The van der Waals surface area contributed by atoms with E-state index in [4.69, 9.17) is 0 Å². The summed E-state index contributed by atoms with van der Waals surface area (Å²) in [5.41, 5.74) is 0.623. The Bertz CT molecular complexity index is 1050. The number of carbonyl (C=O) groups excluding carboxylic acids is 1. The minimum atomic E-state index is -3.84. The maximum atomic E-state index is 12.9. The fourth-order valence-corrected chi connectivity index (χ4v) is 4.18. The van der Waals surface area contributed by atoms with E-state index in [9.17, 15) is 13.2 Å². The summed E-state index contributed by atoms with van der Waals surface area (Å²) in [7, 11) is -3.84. The average Bonchev–Trinajstić information content (AvgIpc) is 2.66. The van der Waals surface area contributed by atoms with Crippen molar-refractivity contribution in [2.75, 3.05) is 5.32 Å². The van der Waals surface area contributed by atoms with Gasteiger partial charge in [0.1, 0.15) is 6.04 Å². The maximum absolute atomic E-state index is 12.9. The van der Waals surface area contributed by atoms with E-state index < -0.39 is 16.1 Å². The molecule has 6 heteroatoms. The molecule has 0 saturated carbocycles. The molecule has 0 spiro atoms. The largest absolute Gasteiger partial charge is 0.325 e. The molecular weight excluding hydrogens is 360 g/mol. The molecule has 3 rings (SSSR count). The Morgan fingerprint density at radius 2 is 1.48 bits per heavy atom. The molecule has 1 atom stereocenters. The molecule has 0 aromatic heterocycles. The zero-order valence-corrected chi connectivity index (χ0v) is 16.0. The molecule has 1 amide bonds. The van der Waals surface area contributed by atoms with Gasteiger partial charge in [0.25, 0.3) is 0 Å². The second kappa shape index (κ2) is 7.90. The van der Waals surface area contributed by atoms with Crippen LogP contribution in [0.3, 0.4) is 0 Å². The van der Waals surface area contributed by atoms with E-state index in [1.165, 1.54) is 0 Å². The highest BCUT2D eigenvalue weighted by molar-refractivity contribution is 7.89. The molecule has 0 heterocycles. The van der Waals surface area contributed by atoms with Crippen molar-refractivity contribution in [2.45, 2.75) is 24.8 Å². The number of para-hydroxylation sites is 1. The summed E-state index contributed by atoms with van der Waals surface area (Å²) in [5.74, 6) is -0.607. The summed E-state index contributed by atoms with van der Waals surface area (Å²) in [6, 6.07) is 20.5. The second-order valence-electron chi connectivity index (χ2n) is 6.71. The van der Waals surface area contributed by atoms with E-state index in [0.29, 0.717) is 5.69 Å². The molecular formula is C21H22N2O3S. The van der Waals surface area contributed by atoms with Gasteiger partial charge in [-0.25, -0.2) is 8.42 Å². The van der Waals surface area contributed by atoms with Crippen LogP contribution in [0.1, 0.15) is 13.8 Å². The van der Waals surface area contributed by atoms with Crippen LogP contribution in [0.4, 0.5) is 5.69 Å². The van der Waals surface area contributed by atoms with E-state index in [2.05, 4.69) is 10.0 Å². The van der Waals surface area contributed by atoms with Gasteiger partial charge in [0.15, 0.2) is 0 Å². The molecule has 0 aliphatic heterocycles. The predicted octanol–water partition coefficient (Wildman–Crippen LogP) is 3.78. The van der Waals surface area contributed by atoms with Crippen molar-refractivity contribution in [1.82, 2.24) is 4.72 Å². The number of anilines is 1. The van der Waals surface area contributed by atoms with Crippen molar-refractivity contribution in [3.05, 3.63) is 72.8 Å². The number of benzene rings is 3. The van der Waals surface area contributed by atoms with E-state index in [1.807, 2.05) is 30.3 Å². The fourth-order valence-electron chi connectivity index (χ4n) is 2.80. The normalized spacial score (nSPS) is 12.9. The molecule has 0 aliphatic carbocycles. The number of amides is 1. The first-order valence-electron chi connectivity index (χ1n) is 8.74. The van der Waals surface area contributed by atoms with Crippen LogP contribution < -0.4 is 10.0 Å². The van der Waals surface area contributed by atoms with Crippen molar-refractivity contribution >= 4 is 32.4 Å².